The van der Waals surface area contributed by atoms with E-state index >= 15 is 0 Å². The number of rotatable bonds is 9. The zero-order chi connectivity index (χ0) is 30.1. The monoisotopic (exact) mass is 591 g/mol. The van der Waals surface area contributed by atoms with E-state index < -0.39 is 11.9 Å². The summed E-state index contributed by atoms with van der Waals surface area (Å²) in [5, 5.41) is 27.1. The van der Waals surface area contributed by atoms with Gasteiger partial charge in [-0.05, 0) is 42.3 Å². The number of amides is 1. The van der Waals surface area contributed by atoms with E-state index in [1.807, 2.05) is 48.5 Å². The fourth-order valence-electron chi connectivity index (χ4n) is 4.47. The highest BCUT2D eigenvalue weighted by molar-refractivity contribution is 6.30. The summed E-state index contributed by atoms with van der Waals surface area (Å²) in [4.78, 5) is 39.2. The highest BCUT2D eigenvalue weighted by Crippen LogP contribution is 2.30. The number of aromatic nitrogens is 3. The summed E-state index contributed by atoms with van der Waals surface area (Å²) in [5.41, 5.74) is 9.99. The number of benzene rings is 2. The Morgan fingerprint density at radius 3 is 2.55 bits per heavy atom. The predicted octanol–water partition coefficient (Wildman–Crippen LogP) is 3.14. The van der Waals surface area contributed by atoms with E-state index in [9.17, 15) is 14.4 Å². The quantitative estimate of drug-likeness (QED) is 0.182. The van der Waals surface area contributed by atoms with Gasteiger partial charge in [0.2, 0.25) is 0 Å². The molecule has 5 rings (SSSR count). The average molecular weight is 592 g/mol. The fraction of sp³-hybridized carbons (Fsp3) is 0.207. The number of anilines is 2. The molecule has 1 amide bonds. The van der Waals surface area contributed by atoms with Crippen molar-refractivity contribution in [1.29, 1.82) is 0 Å². The summed E-state index contributed by atoms with van der Waals surface area (Å²) in [6, 6.07) is 17.4. The molecule has 4 aromatic rings. The van der Waals surface area contributed by atoms with Crippen LogP contribution in [0.4, 0.5) is 11.4 Å². The topological polar surface area (TPSA) is 175 Å². The third-order valence-corrected chi connectivity index (χ3v) is 6.60. The van der Waals surface area contributed by atoms with Crippen molar-refractivity contribution in [3.63, 3.8) is 0 Å². The van der Waals surface area contributed by atoms with E-state index in [0.717, 1.165) is 48.6 Å². The first-order chi connectivity index (χ1) is 20.2. The number of nitrogens with zero attached hydrogens (tertiary/aromatic N) is 4. The van der Waals surface area contributed by atoms with E-state index in [0.29, 0.717) is 41.1 Å². The van der Waals surface area contributed by atoms with Crippen molar-refractivity contribution in [2.24, 2.45) is 5.73 Å². The van der Waals surface area contributed by atoms with Crippen LogP contribution in [0.25, 0.3) is 16.8 Å². The molecule has 1 atom stereocenters. The number of fused-ring (bicyclic) bond motifs is 1. The highest BCUT2D eigenvalue weighted by atomic mass is 35.5. The van der Waals surface area contributed by atoms with Crippen LogP contribution in [-0.2, 0) is 9.59 Å². The minimum Gasteiger partial charge on any atom is -0.478 e. The molecule has 3 heterocycles. The normalized spacial score (nSPS) is 14.5. The van der Waals surface area contributed by atoms with Crippen LogP contribution in [0.1, 0.15) is 16.9 Å². The minimum absolute atomic E-state index is 0.273. The summed E-state index contributed by atoms with van der Waals surface area (Å²) >= 11 is 6.16. The molecule has 0 aliphatic carbocycles. The molecular weight excluding hydrogens is 562 g/mol. The molecule has 1 aliphatic rings. The maximum Gasteiger partial charge on any atom is 0.328 e. The SMILES string of the molecule is NCCN[C@@H]1CCN(c2ccccc2NC(=O)c2ccn3ncc(-c4cccc(Cl)c4)c3n2)C1.O=C(O)/C=C/C(=O)O. The van der Waals surface area contributed by atoms with Crippen LogP contribution >= 0.6 is 11.6 Å². The molecule has 0 radical (unpaired) electrons. The largest absolute Gasteiger partial charge is 0.478 e. The lowest BCUT2D eigenvalue weighted by atomic mass is 10.1. The lowest BCUT2D eigenvalue weighted by molar-refractivity contribution is -0.134. The van der Waals surface area contributed by atoms with Crippen molar-refractivity contribution in [3.8, 4) is 11.1 Å². The lowest BCUT2D eigenvalue weighted by Gasteiger charge is -2.22. The summed E-state index contributed by atoms with van der Waals surface area (Å²) < 4.78 is 1.65. The molecule has 1 saturated heterocycles. The van der Waals surface area contributed by atoms with Crippen molar-refractivity contribution in [1.82, 2.24) is 19.9 Å². The molecule has 42 heavy (non-hydrogen) atoms. The Morgan fingerprint density at radius 1 is 1.07 bits per heavy atom. The zero-order valence-electron chi connectivity index (χ0n) is 22.5. The number of para-hydroxylation sites is 2. The van der Waals surface area contributed by atoms with Gasteiger partial charge in [-0.25, -0.2) is 19.1 Å². The number of carbonyl (C=O) groups is 3. The Balaban J connectivity index is 0.000000446. The van der Waals surface area contributed by atoms with Crippen LogP contribution in [0.3, 0.4) is 0 Å². The van der Waals surface area contributed by atoms with Gasteiger partial charge in [0.05, 0.1) is 17.6 Å². The molecule has 218 valence electrons. The standard InChI is InChI=1S/C25H26ClN7O.C4H4O4/c26-18-5-3-4-17(14-18)20-15-29-33-13-9-22(30-24(20)33)25(34)31-21-6-1-2-7-23(21)32-12-8-19(16-32)28-11-10-27;5-3(6)1-2-4(7)8/h1-7,9,13-15,19,28H,8,10-12,16,27H2,(H,31,34);1-2H,(H,5,6)(H,7,8)/b;2-1+/t19-;/m1./s1. The first-order valence-electron chi connectivity index (χ1n) is 13.1. The molecule has 13 heteroatoms. The van der Waals surface area contributed by atoms with Gasteiger partial charge in [-0.2, -0.15) is 5.10 Å². The number of aliphatic carboxylic acids is 2. The number of carboxylic acid groups (broad SMARTS) is 2. The number of hydrogen-bond acceptors (Lipinski definition) is 8. The third-order valence-electron chi connectivity index (χ3n) is 6.36. The molecule has 0 bridgehead atoms. The molecule has 6 N–H and O–H groups in total. The molecule has 1 fully saturated rings. The van der Waals surface area contributed by atoms with Gasteiger partial charge in [-0.1, -0.05) is 35.9 Å². The summed E-state index contributed by atoms with van der Waals surface area (Å²) in [7, 11) is 0. The fourth-order valence-corrected chi connectivity index (χ4v) is 4.66. The van der Waals surface area contributed by atoms with Gasteiger partial charge in [0, 0.05) is 61.2 Å². The minimum atomic E-state index is -1.26. The van der Waals surface area contributed by atoms with Crippen LogP contribution in [0.2, 0.25) is 5.02 Å². The van der Waals surface area contributed by atoms with Crippen LogP contribution < -0.4 is 21.3 Å². The highest BCUT2D eigenvalue weighted by Gasteiger charge is 2.24. The Labute approximate surface area is 246 Å². The second-order valence-corrected chi connectivity index (χ2v) is 9.74. The molecular formula is C29H30ClN7O5. The van der Waals surface area contributed by atoms with Gasteiger partial charge < -0.3 is 31.5 Å². The van der Waals surface area contributed by atoms with Crippen LogP contribution in [-0.4, -0.2) is 74.9 Å². The smallest absolute Gasteiger partial charge is 0.328 e. The zero-order valence-corrected chi connectivity index (χ0v) is 23.2. The first kappa shape index (κ1) is 30.2. The van der Waals surface area contributed by atoms with E-state index in [-0.39, 0.29) is 5.91 Å². The molecule has 12 nitrogen and oxygen atoms in total. The van der Waals surface area contributed by atoms with E-state index in [1.165, 1.54) is 0 Å². The average Bonchev–Trinajstić information content (AvgIpc) is 3.62. The van der Waals surface area contributed by atoms with Gasteiger partial charge in [0.25, 0.3) is 5.91 Å². The Morgan fingerprint density at radius 2 is 1.83 bits per heavy atom. The first-order valence-corrected chi connectivity index (χ1v) is 13.5. The van der Waals surface area contributed by atoms with Crippen LogP contribution in [0, 0.1) is 0 Å². The number of halogens is 1. The number of nitrogens with two attached hydrogens (primary N) is 1. The van der Waals surface area contributed by atoms with Crippen LogP contribution in [0.15, 0.2) is 79.1 Å². The number of hydrogen-bond donors (Lipinski definition) is 5. The van der Waals surface area contributed by atoms with E-state index in [2.05, 4.69) is 25.6 Å². The van der Waals surface area contributed by atoms with Gasteiger partial charge >= 0.3 is 11.9 Å². The van der Waals surface area contributed by atoms with Gasteiger partial charge in [-0.15, -0.1) is 0 Å². The van der Waals surface area contributed by atoms with Gasteiger partial charge in [-0.3, -0.25) is 4.79 Å². The summed E-state index contributed by atoms with van der Waals surface area (Å²) in [6.07, 6.45) is 5.62. The Kier molecular flexibility index (Phi) is 10.2. The van der Waals surface area contributed by atoms with Crippen molar-refractivity contribution in [2.45, 2.75) is 12.5 Å². The Bertz CT molecular complexity index is 1590. The van der Waals surface area contributed by atoms with Crippen molar-refractivity contribution in [2.75, 3.05) is 36.4 Å². The molecule has 2 aromatic carbocycles. The maximum atomic E-state index is 13.2. The predicted molar refractivity (Wildman–Crippen MR) is 160 cm³/mol. The van der Waals surface area contributed by atoms with Gasteiger partial charge in [0.15, 0.2) is 5.65 Å². The molecule has 0 saturated carbocycles. The second kappa shape index (κ2) is 14.2. The van der Waals surface area contributed by atoms with E-state index in [1.54, 1.807) is 23.0 Å². The Hall–Kier alpha value is -4.78. The third kappa shape index (κ3) is 7.91. The van der Waals surface area contributed by atoms with Crippen molar-refractivity contribution < 1.29 is 24.6 Å². The van der Waals surface area contributed by atoms with Crippen molar-refractivity contribution in [3.05, 3.63) is 89.9 Å². The summed E-state index contributed by atoms with van der Waals surface area (Å²) in [6.45, 7) is 3.21. The van der Waals surface area contributed by atoms with E-state index in [4.69, 9.17) is 27.5 Å². The number of nitrogens with one attached hydrogen (secondary N) is 2. The number of carbonyl (C=O) groups excluding carboxylic acids is 1. The van der Waals surface area contributed by atoms with Crippen molar-refractivity contribution >= 4 is 46.5 Å². The number of carboxylic acids is 2. The molecule has 1 aliphatic heterocycles. The maximum absolute atomic E-state index is 13.2. The van der Waals surface area contributed by atoms with Gasteiger partial charge in [0.1, 0.15) is 5.69 Å². The lowest BCUT2D eigenvalue weighted by Crippen LogP contribution is -2.35. The molecule has 0 unspecified atom stereocenters. The van der Waals surface area contributed by atoms with Crippen LogP contribution in [0.5, 0.6) is 0 Å². The molecule has 0 spiro atoms. The molecule has 2 aromatic heterocycles. The second-order valence-electron chi connectivity index (χ2n) is 9.31. The summed E-state index contributed by atoms with van der Waals surface area (Å²) in [5.74, 6) is -2.79.